The average molecular weight is 316 g/mol. The van der Waals surface area contributed by atoms with Crippen molar-refractivity contribution in [3.05, 3.63) is 58.1 Å². The van der Waals surface area contributed by atoms with E-state index in [1.165, 1.54) is 5.56 Å². The third-order valence-corrected chi connectivity index (χ3v) is 3.62. The molecule has 3 nitrogen and oxygen atoms in total. The molecule has 0 unspecified atom stereocenters. The topological polar surface area (TPSA) is 61.8 Å². The molecule has 3 N–H and O–H groups in total. The lowest BCUT2D eigenvalue weighted by Gasteiger charge is -2.10. The summed E-state index contributed by atoms with van der Waals surface area (Å²) in [6, 6.07) is 15.5. The summed E-state index contributed by atoms with van der Waals surface area (Å²) in [6.45, 7) is 0.766. The zero-order chi connectivity index (χ0) is 13.7. The first-order valence-corrected chi connectivity index (χ1v) is 6.77. The molecule has 0 aromatic heterocycles. The number of rotatable bonds is 4. The fraction of sp³-hybridized carbons (Fsp3) is 0.133. The van der Waals surface area contributed by atoms with E-state index in [2.05, 4.69) is 33.4 Å². The van der Waals surface area contributed by atoms with Crippen LogP contribution in [0.25, 0.3) is 0 Å². The van der Waals surface area contributed by atoms with Crippen molar-refractivity contribution in [3.8, 4) is 6.07 Å². The highest BCUT2D eigenvalue weighted by Crippen LogP contribution is 2.20. The van der Waals surface area contributed by atoms with Gasteiger partial charge in [0, 0.05) is 11.0 Å². The molecule has 0 fully saturated rings. The molecule has 0 saturated carbocycles. The Morgan fingerprint density at radius 2 is 2.00 bits per heavy atom. The largest absolute Gasteiger partial charge is 0.397 e. The van der Waals surface area contributed by atoms with Crippen LogP contribution in [0.4, 0.5) is 11.4 Å². The summed E-state index contributed by atoms with van der Waals surface area (Å²) in [5, 5.41) is 12.1. The zero-order valence-electron chi connectivity index (χ0n) is 10.4. The molecule has 0 saturated heterocycles. The van der Waals surface area contributed by atoms with Gasteiger partial charge in [0.25, 0.3) is 0 Å². The number of halogens is 1. The van der Waals surface area contributed by atoms with E-state index in [0.29, 0.717) is 11.3 Å². The molecule has 19 heavy (non-hydrogen) atoms. The Morgan fingerprint density at radius 3 is 2.74 bits per heavy atom. The number of nitriles is 1. The Hall–Kier alpha value is -1.99. The van der Waals surface area contributed by atoms with E-state index in [4.69, 9.17) is 11.0 Å². The molecule has 0 atom stereocenters. The number of nitrogen functional groups attached to an aromatic ring is 1. The van der Waals surface area contributed by atoms with E-state index < -0.39 is 0 Å². The van der Waals surface area contributed by atoms with Gasteiger partial charge in [-0.2, -0.15) is 5.26 Å². The Bertz CT molecular complexity index is 617. The monoisotopic (exact) mass is 315 g/mol. The van der Waals surface area contributed by atoms with E-state index in [1.54, 1.807) is 18.2 Å². The van der Waals surface area contributed by atoms with Crippen LogP contribution in [0.3, 0.4) is 0 Å². The van der Waals surface area contributed by atoms with Crippen LogP contribution in [0, 0.1) is 11.3 Å². The van der Waals surface area contributed by atoms with Gasteiger partial charge in [-0.25, -0.2) is 0 Å². The van der Waals surface area contributed by atoms with Gasteiger partial charge in [0.15, 0.2) is 0 Å². The number of nitrogens with two attached hydrogens (primary N) is 1. The Balaban J connectivity index is 2.00. The number of hydrogen-bond acceptors (Lipinski definition) is 3. The third-order valence-electron chi connectivity index (χ3n) is 2.85. The summed E-state index contributed by atoms with van der Waals surface area (Å²) in [5.74, 6) is 0. The predicted molar refractivity (Wildman–Crippen MR) is 81.9 cm³/mol. The van der Waals surface area contributed by atoms with Gasteiger partial charge in [-0.3, -0.25) is 0 Å². The lowest BCUT2D eigenvalue weighted by molar-refractivity contribution is 1.01. The van der Waals surface area contributed by atoms with E-state index >= 15 is 0 Å². The van der Waals surface area contributed by atoms with Gasteiger partial charge in [0.1, 0.15) is 0 Å². The highest BCUT2D eigenvalue weighted by atomic mass is 79.9. The van der Waals surface area contributed by atoms with E-state index in [0.717, 1.165) is 23.1 Å². The van der Waals surface area contributed by atoms with Crippen LogP contribution in [0.15, 0.2) is 46.9 Å². The number of hydrogen-bond donors (Lipinski definition) is 2. The standard InChI is InChI=1S/C15H14BrN3/c16-13-4-2-1-3-12(13)7-8-19-15-9-11(10-17)5-6-14(15)18/h1-6,9,19H,7-8,18H2. The van der Waals surface area contributed by atoms with Gasteiger partial charge in [-0.05, 0) is 36.2 Å². The van der Waals surface area contributed by atoms with Crippen molar-refractivity contribution in [2.24, 2.45) is 0 Å². The third kappa shape index (κ3) is 3.49. The minimum Gasteiger partial charge on any atom is -0.397 e. The smallest absolute Gasteiger partial charge is 0.0992 e. The number of anilines is 2. The normalized spacial score (nSPS) is 9.89. The van der Waals surface area contributed by atoms with Crippen molar-refractivity contribution in [1.82, 2.24) is 0 Å². The van der Waals surface area contributed by atoms with Crippen LogP contribution in [-0.4, -0.2) is 6.54 Å². The van der Waals surface area contributed by atoms with Crippen LogP contribution in [0.5, 0.6) is 0 Å². The maximum atomic E-state index is 8.87. The van der Waals surface area contributed by atoms with Crippen LogP contribution in [0.2, 0.25) is 0 Å². The van der Waals surface area contributed by atoms with Crippen molar-refractivity contribution >= 4 is 27.3 Å². The molecule has 0 aliphatic heterocycles. The fourth-order valence-electron chi connectivity index (χ4n) is 1.81. The lowest BCUT2D eigenvalue weighted by Crippen LogP contribution is -2.07. The predicted octanol–water partition coefficient (Wildman–Crippen LogP) is 3.56. The van der Waals surface area contributed by atoms with Gasteiger partial charge < -0.3 is 11.1 Å². The second-order valence-corrected chi connectivity index (χ2v) is 5.04. The van der Waals surface area contributed by atoms with Gasteiger partial charge in [0.05, 0.1) is 23.0 Å². The van der Waals surface area contributed by atoms with Crippen LogP contribution in [-0.2, 0) is 6.42 Å². The molecule has 4 heteroatoms. The zero-order valence-corrected chi connectivity index (χ0v) is 11.9. The minimum absolute atomic E-state index is 0.609. The molecule has 2 aromatic carbocycles. The second kappa shape index (κ2) is 6.26. The highest BCUT2D eigenvalue weighted by Gasteiger charge is 2.02. The molecular formula is C15H14BrN3. The molecule has 96 valence electrons. The molecule has 0 spiro atoms. The van der Waals surface area contributed by atoms with Gasteiger partial charge in [0.2, 0.25) is 0 Å². The summed E-state index contributed by atoms with van der Waals surface area (Å²) < 4.78 is 1.11. The molecule has 0 radical (unpaired) electrons. The molecule has 2 aromatic rings. The number of nitrogens with zero attached hydrogens (tertiary/aromatic N) is 1. The first kappa shape index (κ1) is 13.4. The van der Waals surface area contributed by atoms with Crippen molar-refractivity contribution in [2.45, 2.75) is 6.42 Å². The van der Waals surface area contributed by atoms with Crippen molar-refractivity contribution in [1.29, 1.82) is 5.26 Å². The summed E-state index contributed by atoms with van der Waals surface area (Å²) in [7, 11) is 0. The van der Waals surface area contributed by atoms with Crippen LogP contribution < -0.4 is 11.1 Å². The van der Waals surface area contributed by atoms with E-state index in [-0.39, 0.29) is 0 Å². The van der Waals surface area contributed by atoms with Crippen molar-refractivity contribution in [2.75, 3.05) is 17.6 Å². The minimum atomic E-state index is 0.609. The van der Waals surface area contributed by atoms with Gasteiger partial charge in [-0.15, -0.1) is 0 Å². The quantitative estimate of drug-likeness (QED) is 0.848. The van der Waals surface area contributed by atoms with Gasteiger partial charge >= 0.3 is 0 Å². The second-order valence-electron chi connectivity index (χ2n) is 4.18. The number of nitrogens with one attached hydrogen (secondary N) is 1. The Kier molecular flexibility index (Phi) is 4.43. The van der Waals surface area contributed by atoms with Crippen LogP contribution >= 0.6 is 15.9 Å². The molecule has 0 amide bonds. The first-order chi connectivity index (χ1) is 9.20. The highest BCUT2D eigenvalue weighted by molar-refractivity contribution is 9.10. The van der Waals surface area contributed by atoms with Crippen LogP contribution in [0.1, 0.15) is 11.1 Å². The Morgan fingerprint density at radius 1 is 1.21 bits per heavy atom. The lowest BCUT2D eigenvalue weighted by atomic mass is 10.1. The maximum Gasteiger partial charge on any atom is 0.0992 e. The van der Waals surface area contributed by atoms with Gasteiger partial charge in [-0.1, -0.05) is 34.1 Å². The Labute approximate surface area is 121 Å². The SMILES string of the molecule is N#Cc1ccc(N)c(NCCc2ccccc2Br)c1. The summed E-state index contributed by atoms with van der Waals surface area (Å²) in [4.78, 5) is 0. The summed E-state index contributed by atoms with van der Waals surface area (Å²) in [6.07, 6.45) is 0.887. The van der Waals surface area contributed by atoms with E-state index in [9.17, 15) is 0 Å². The summed E-state index contributed by atoms with van der Waals surface area (Å²) >= 11 is 3.52. The maximum absolute atomic E-state index is 8.87. The molecule has 0 bridgehead atoms. The fourth-order valence-corrected chi connectivity index (χ4v) is 2.29. The molecule has 0 aliphatic rings. The average Bonchev–Trinajstić information content (AvgIpc) is 2.43. The molecule has 0 heterocycles. The van der Waals surface area contributed by atoms with Crippen molar-refractivity contribution in [3.63, 3.8) is 0 Å². The summed E-state index contributed by atoms with van der Waals surface area (Å²) in [5.41, 5.74) is 9.19. The first-order valence-electron chi connectivity index (χ1n) is 5.97. The van der Waals surface area contributed by atoms with E-state index in [1.807, 2.05) is 18.2 Å². The number of benzene rings is 2. The molecule has 0 aliphatic carbocycles. The molecule has 2 rings (SSSR count). The molecular weight excluding hydrogens is 302 g/mol. The van der Waals surface area contributed by atoms with Crippen molar-refractivity contribution < 1.29 is 0 Å².